The summed E-state index contributed by atoms with van der Waals surface area (Å²) >= 11 is 0. The van der Waals surface area contributed by atoms with Crippen LogP contribution in [-0.2, 0) is 32.0 Å². The van der Waals surface area contributed by atoms with Crippen molar-refractivity contribution in [2.24, 2.45) is 0 Å². The van der Waals surface area contributed by atoms with E-state index < -0.39 is 21.0 Å². The van der Waals surface area contributed by atoms with Gasteiger partial charge in [-0.15, -0.1) is 0 Å². The minimum atomic E-state index is -3.53. The minimum absolute atomic E-state index is 0.178. The predicted molar refractivity (Wildman–Crippen MR) is 77.4 cm³/mol. The Balaban J connectivity index is 5.12. The Morgan fingerprint density at radius 1 is 0.800 bits per heavy atom. The second-order valence-electron chi connectivity index (χ2n) is 3.69. The highest BCUT2D eigenvalue weighted by atomic mass is 31.2. The largest absolute Gasteiger partial charge is 0.368 e. The van der Waals surface area contributed by atoms with Crippen molar-refractivity contribution < 1.29 is 32.0 Å². The van der Waals surface area contributed by atoms with Crippen molar-refractivity contribution in [1.29, 1.82) is 0 Å². The molecule has 0 aromatic heterocycles. The predicted octanol–water partition coefficient (Wildman–Crippen LogP) is 3.49. The summed E-state index contributed by atoms with van der Waals surface area (Å²) in [5.74, 6) is -0.994. The van der Waals surface area contributed by atoms with Crippen molar-refractivity contribution >= 4 is 15.2 Å². The molecule has 0 N–H and O–H groups in total. The van der Waals surface area contributed by atoms with Crippen LogP contribution in [0.5, 0.6) is 0 Å². The molecule has 0 bridgehead atoms. The van der Waals surface area contributed by atoms with E-state index in [1.54, 1.807) is 27.7 Å². The molecule has 0 heterocycles. The lowest BCUT2D eigenvalue weighted by Gasteiger charge is -2.27. The van der Waals surface area contributed by atoms with Crippen molar-refractivity contribution in [1.82, 2.24) is 0 Å². The Morgan fingerprint density at radius 2 is 1.20 bits per heavy atom. The zero-order chi connectivity index (χ0) is 15.6. The monoisotopic (exact) mass is 332 g/mol. The van der Waals surface area contributed by atoms with Crippen molar-refractivity contribution in [3.63, 3.8) is 0 Å². The van der Waals surface area contributed by atoms with Crippen LogP contribution in [0.2, 0.25) is 0 Å². The van der Waals surface area contributed by atoms with Gasteiger partial charge in [0.25, 0.3) is 0 Å². The summed E-state index contributed by atoms with van der Waals surface area (Å²) in [6.45, 7) is 7.65. The third-order valence-corrected chi connectivity index (χ3v) is 6.98. The molecule has 1 unspecified atom stereocenters. The van der Waals surface area contributed by atoms with Crippen LogP contribution >= 0.6 is 15.2 Å². The lowest BCUT2D eigenvalue weighted by molar-refractivity contribution is 0.113. The fourth-order valence-electron chi connectivity index (χ4n) is 1.59. The molecule has 0 saturated heterocycles. The van der Waals surface area contributed by atoms with Gasteiger partial charge in [-0.3, -0.25) is 9.13 Å². The highest BCUT2D eigenvalue weighted by molar-refractivity contribution is 7.58. The van der Waals surface area contributed by atoms with E-state index in [9.17, 15) is 9.13 Å². The number of methoxy groups -OCH3 is 1. The number of hydrogen-bond donors (Lipinski definition) is 0. The number of rotatable bonds is 12. The molecular weight excluding hydrogens is 306 g/mol. The topological polar surface area (TPSA) is 80.3 Å². The van der Waals surface area contributed by atoms with E-state index in [-0.39, 0.29) is 32.6 Å². The molecule has 0 fully saturated rings. The lowest BCUT2D eigenvalue weighted by Crippen LogP contribution is -2.21. The molecule has 0 aliphatic rings. The molecule has 0 amide bonds. The maximum atomic E-state index is 12.6. The minimum Gasteiger partial charge on any atom is -0.368 e. The highest BCUT2D eigenvalue weighted by Crippen LogP contribution is 2.60. The Bertz CT molecular complexity index is 328. The third-order valence-electron chi connectivity index (χ3n) is 2.27. The van der Waals surface area contributed by atoms with Gasteiger partial charge in [-0.2, -0.15) is 0 Å². The first-order valence-electron chi connectivity index (χ1n) is 6.71. The summed E-state index contributed by atoms with van der Waals surface area (Å²) in [6.07, 6.45) is -0.178. The van der Waals surface area contributed by atoms with Gasteiger partial charge in [0.05, 0.1) is 32.6 Å². The van der Waals surface area contributed by atoms with E-state index in [0.717, 1.165) is 0 Å². The smallest absolute Gasteiger partial charge is 0.359 e. The quantitative estimate of drug-likeness (QED) is 0.506. The van der Waals surface area contributed by atoms with Crippen LogP contribution in [0.3, 0.4) is 0 Å². The molecule has 7 nitrogen and oxygen atoms in total. The van der Waals surface area contributed by atoms with Crippen LogP contribution < -0.4 is 0 Å². The molecule has 0 aromatic rings. The number of ether oxygens (including phenoxy) is 1. The molecule has 0 aliphatic heterocycles. The van der Waals surface area contributed by atoms with Gasteiger partial charge in [0.15, 0.2) is 5.85 Å². The summed E-state index contributed by atoms with van der Waals surface area (Å²) < 4.78 is 51.0. The molecule has 0 aliphatic carbocycles. The van der Waals surface area contributed by atoms with E-state index in [4.69, 9.17) is 22.8 Å². The molecule has 122 valence electrons. The average Bonchev–Trinajstić information content (AvgIpc) is 2.37. The summed E-state index contributed by atoms with van der Waals surface area (Å²) in [4.78, 5) is 0. The second-order valence-corrected chi connectivity index (χ2v) is 7.97. The van der Waals surface area contributed by atoms with E-state index >= 15 is 0 Å². The molecule has 1 atom stereocenters. The van der Waals surface area contributed by atoms with Crippen molar-refractivity contribution in [2.45, 2.75) is 33.5 Å². The lowest BCUT2D eigenvalue weighted by atomic mass is 10.8. The standard InChI is InChI=1S/C11H26O7P2/c1-6-15-19(12,16-7-2)10-11(14-5)20(13,17-8-3)18-9-4/h11H,6-10H2,1-5H3. The zero-order valence-electron chi connectivity index (χ0n) is 12.9. The van der Waals surface area contributed by atoms with Gasteiger partial charge in [-0.05, 0) is 27.7 Å². The van der Waals surface area contributed by atoms with E-state index in [0.29, 0.717) is 0 Å². The normalized spacial score (nSPS) is 14.4. The average molecular weight is 332 g/mol. The van der Waals surface area contributed by atoms with Gasteiger partial charge in [-0.25, -0.2) is 0 Å². The van der Waals surface area contributed by atoms with Crippen molar-refractivity contribution in [2.75, 3.05) is 39.7 Å². The van der Waals surface area contributed by atoms with Crippen LogP contribution in [0.4, 0.5) is 0 Å². The summed E-state index contributed by atoms with van der Waals surface area (Å²) in [5, 5.41) is 0. The van der Waals surface area contributed by atoms with Crippen LogP contribution in [-0.4, -0.2) is 45.5 Å². The van der Waals surface area contributed by atoms with Crippen LogP contribution in [0.15, 0.2) is 0 Å². The Hall–Kier alpha value is 0.260. The van der Waals surface area contributed by atoms with E-state index in [1.807, 2.05) is 0 Å². The maximum absolute atomic E-state index is 12.6. The second kappa shape index (κ2) is 10.1. The van der Waals surface area contributed by atoms with E-state index in [2.05, 4.69) is 0 Å². The summed E-state index contributed by atoms with van der Waals surface area (Å²) in [6, 6.07) is 0. The van der Waals surface area contributed by atoms with Gasteiger partial charge >= 0.3 is 15.2 Å². The van der Waals surface area contributed by atoms with E-state index in [1.165, 1.54) is 7.11 Å². The van der Waals surface area contributed by atoms with Gasteiger partial charge in [0, 0.05) is 7.11 Å². The SMILES string of the molecule is CCOP(=O)(CC(OC)P(=O)(OCC)OCC)OCC. The van der Waals surface area contributed by atoms with Crippen molar-refractivity contribution in [3.8, 4) is 0 Å². The fraction of sp³-hybridized carbons (Fsp3) is 1.00. The van der Waals surface area contributed by atoms with Crippen LogP contribution in [0, 0.1) is 0 Å². The maximum Gasteiger partial charge on any atom is 0.359 e. The number of hydrogen-bond acceptors (Lipinski definition) is 7. The first kappa shape index (κ1) is 20.3. The Kier molecular flexibility index (Phi) is 10.2. The molecule has 0 radical (unpaired) electrons. The molecular formula is C11H26O7P2. The molecule has 0 spiro atoms. The molecule has 9 heteroatoms. The highest BCUT2D eigenvalue weighted by Gasteiger charge is 2.42. The van der Waals surface area contributed by atoms with Gasteiger partial charge in [0.1, 0.15) is 0 Å². The van der Waals surface area contributed by atoms with Crippen LogP contribution in [0.1, 0.15) is 27.7 Å². The summed E-state index contributed by atoms with van der Waals surface area (Å²) in [7, 11) is -5.56. The van der Waals surface area contributed by atoms with Gasteiger partial charge < -0.3 is 22.8 Å². The fourth-order valence-corrected chi connectivity index (χ4v) is 5.98. The first-order chi connectivity index (χ1) is 9.41. The third kappa shape index (κ3) is 6.35. The molecule has 0 rings (SSSR count). The summed E-state index contributed by atoms with van der Waals surface area (Å²) in [5.41, 5.74) is 0. The first-order valence-corrected chi connectivity index (χ1v) is 10.0. The molecule has 0 aromatic carbocycles. The zero-order valence-corrected chi connectivity index (χ0v) is 14.7. The molecule has 0 saturated carbocycles. The van der Waals surface area contributed by atoms with Gasteiger partial charge in [0.2, 0.25) is 0 Å². The Morgan fingerprint density at radius 3 is 1.50 bits per heavy atom. The van der Waals surface area contributed by atoms with Gasteiger partial charge in [-0.1, -0.05) is 0 Å². The van der Waals surface area contributed by atoms with Crippen LogP contribution in [0.25, 0.3) is 0 Å². The Labute approximate surface area is 121 Å². The molecule has 20 heavy (non-hydrogen) atoms. The van der Waals surface area contributed by atoms with Crippen molar-refractivity contribution in [3.05, 3.63) is 0 Å².